The van der Waals surface area contributed by atoms with Crippen molar-refractivity contribution in [3.63, 3.8) is 0 Å². The number of nitrogens with zero attached hydrogens (tertiary/aromatic N) is 4. The molecule has 28 heavy (non-hydrogen) atoms. The molecule has 4 rings (SSSR count). The van der Waals surface area contributed by atoms with Crippen LogP contribution in [0.2, 0.25) is 0 Å². The summed E-state index contributed by atoms with van der Waals surface area (Å²) in [4.78, 5) is 13.1. The van der Waals surface area contributed by atoms with E-state index in [2.05, 4.69) is 49.6 Å². The Morgan fingerprint density at radius 1 is 1.14 bits per heavy atom. The highest BCUT2D eigenvalue weighted by Crippen LogP contribution is 2.31. The van der Waals surface area contributed by atoms with Crippen molar-refractivity contribution in [1.29, 1.82) is 0 Å². The minimum Gasteiger partial charge on any atom is -0.493 e. The van der Waals surface area contributed by atoms with E-state index in [1.54, 1.807) is 0 Å². The van der Waals surface area contributed by atoms with Crippen LogP contribution in [0.25, 0.3) is 0 Å². The van der Waals surface area contributed by atoms with Gasteiger partial charge in [0.25, 0.3) is 0 Å². The van der Waals surface area contributed by atoms with Gasteiger partial charge in [0.15, 0.2) is 0 Å². The fourth-order valence-corrected chi connectivity index (χ4v) is 4.31. The number of hydrogen-bond acceptors (Lipinski definition) is 7. The van der Waals surface area contributed by atoms with Crippen LogP contribution in [0.5, 0.6) is 5.75 Å². The number of ether oxygens (including phenoxy) is 1. The van der Waals surface area contributed by atoms with Gasteiger partial charge < -0.3 is 9.64 Å². The molecule has 9 heteroatoms. The first-order valence-electron chi connectivity index (χ1n) is 9.48. The van der Waals surface area contributed by atoms with Gasteiger partial charge in [0, 0.05) is 38.6 Å². The summed E-state index contributed by atoms with van der Waals surface area (Å²) < 4.78 is 31.6. The van der Waals surface area contributed by atoms with Crippen LogP contribution < -0.4 is 14.4 Å². The molecule has 1 N–H and O–H groups in total. The Labute approximate surface area is 165 Å². The summed E-state index contributed by atoms with van der Waals surface area (Å²) in [5, 5.41) is 0. The third kappa shape index (κ3) is 3.69. The van der Waals surface area contributed by atoms with Gasteiger partial charge in [-0.1, -0.05) is 12.1 Å². The minimum absolute atomic E-state index is 0.0739. The van der Waals surface area contributed by atoms with Crippen molar-refractivity contribution in [2.45, 2.75) is 24.3 Å². The molecule has 8 nitrogen and oxygen atoms in total. The lowest BCUT2D eigenvalue weighted by Crippen LogP contribution is -2.47. The molecular formula is C19H25N5O3S. The molecule has 2 aromatic rings. The van der Waals surface area contributed by atoms with E-state index in [0.29, 0.717) is 12.0 Å². The van der Waals surface area contributed by atoms with Gasteiger partial charge >= 0.3 is 0 Å². The summed E-state index contributed by atoms with van der Waals surface area (Å²) in [6, 6.07) is 6.86. The van der Waals surface area contributed by atoms with Crippen LogP contribution in [0.1, 0.15) is 24.1 Å². The minimum atomic E-state index is -3.51. The van der Waals surface area contributed by atoms with Gasteiger partial charge in [-0.15, -0.1) is 0 Å². The maximum atomic E-state index is 11.8. The van der Waals surface area contributed by atoms with Crippen LogP contribution >= 0.6 is 0 Å². The molecule has 0 saturated carbocycles. The number of nitrogens with one attached hydrogen (secondary N) is 1. The second kappa shape index (κ2) is 7.65. The summed E-state index contributed by atoms with van der Waals surface area (Å²) in [5.41, 5.74) is 2.56. The second-order valence-corrected chi connectivity index (χ2v) is 8.98. The van der Waals surface area contributed by atoms with Crippen molar-refractivity contribution in [3.05, 3.63) is 41.7 Å². The Bertz CT molecular complexity index is 941. The van der Waals surface area contributed by atoms with Crippen LogP contribution in [-0.2, 0) is 16.4 Å². The van der Waals surface area contributed by atoms with E-state index in [1.165, 1.54) is 30.6 Å². The number of anilines is 1. The molecule has 1 aromatic heterocycles. The number of rotatable bonds is 5. The lowest BCUT2D eigenvalue weighted by molar-refractivity contribution is 0.197. The summed E-state index contributed by atoms with van der Waals surface area (Å²) >= 11 is 0. The SMILES string of the molecule is CNS(=O)(=O)c1cnc(N2CCN([C@@H](C)c3ccc4c(c3)OCC4)CC2)nc1. The summed E-state index contributed by atoms with van der Waals surface area (Å²) in [6.45, 7) is 6.37. The van der Waals surface area contributed by atoms with E-state index < -0.39 is 10.0 Å². The smallest absolute Gasteiger partial charge is 0.243 e. The van der Waals surface area contributed by atoms with Gasteiger partial charge in [0.2, 0.25) is 16.0 Å². The van der Waals surface area contributed by atoms with Crippen LogP contribution in [-0.4, -0.2) is 63.1 Å². The molecule has 0 unspecified atom stereocenters. The Kier molecular flexibility index (Phi) is 5.22. The zero-order valence-corrected chi connectivity index (χ0v) is 16.9. The van der Waals surface area contributed by atoms with Gasteiger partial charge in [-0.25, -0.2) is 23.1 Å². The van der Waals surface area contributed by atoms with Gasteiger partial charge in [-0.3, -0.25) is 4.90 Å². The predicted octanol–water partition coefficient (Wildman–Crippen LogP) is 1.20. The first-order chi connectivity index (χ1) is 13.5. The maximum absolute atomic E-state index is 11.8. The van der Waals surface area contributed by atoms with Crippen molar-refractivity contribution in [1.82, 2.24) is 19.6 Å². The fourth-order valence-electron chi connectivity index (χ4n) is 3.69. The zero-order valence-electron chi connectivity index (χ0n) is 16.1. The maximum Gasteiger partial charge on any atom is 0.243 e. The van der Waals surface area contributed by atoms with Crippen LogP contribution in [0.3, 0.4) is 0 Å². The standard InChI is InChI=1S/C19H25N5O3S/c1-14(16-4-3-15-5-10-27-18(15)11-16)23-6-8-24(9-7-23)19-21-12-17(13-22-19)28(25,26)20-2/h3-4,11-14,20H,5-10H2,1-2H3/t14-/m0/s1. The highest BCUT2D eigenvalue weighted by Gasteiger charge is 2.25. The molecule has 0 aliphatic carbocycles. The largest absolute Gasteiger partial charge is 0.493 e. The Balaban J connectivity index is 1.39. The predicted molar refractivity (Wildman–Crippen MR) is 106 cm³/mol. The topological polar surface area (TPSA) is 87.7 Å². The average molecular weight is 404 g/mol. The number of sulfonamides is 1. The van der Waals surface area contributed by atoms with Crippen molar-refractivity contribution >= 4 is 16.0 Å². The third-order valence-corrected chi connectivity index (χ3v) is 6.91. The van der Waals surface area contributed by atoms with E-state index in [4.69, 9.17) is 4.74 Å². The van der Waals surface area contributed by atoms with E-state index in [9.17, 15) is 8.42 Å². The zero-order chi connectivity index (χ0) is 19.7. The molecule has 2 aliphatic rings. The number of benzene rings is 1. The van der Waals surface area contributed by atoms with Crippen LogP contribution in [0, 0.1) is 0 Å². The molecule has 1 fully saturated rings. The molecule has 1 aromatic carbocycles. The first kappa shape index (κ1) is 19.1. The van der Waals surface area contributed by atoms with Gasteiger partial charge in [0.05, 0.1) is 19.0 Å². The number of fused-ring (bicyclic) bond motifs is 1. The highest BCUT2D eigenvalue weighted by molar-refractivity contribution is 7.89. The summed E-state index contributed by atoms with van der Waals surface area (Å²) in [5.74, 6) is 1.58. The van der Waals surface area contributed by atoms with E-state index in [0.717, 1.165) is 45.0 Å². The summed E-state index contributed by atoms with van der Waals surface area (Å²) in [6.07, 6.45) is 3.71. The van der Waals surface area contributed by atoms with E-state index >= 15 is 0 Å². The van der Waals surface area contributed by atoms with Gasteiger partial charge in [-0.2, -0.15) is 0 Å². The molecule has 3 heterocycles. The first-order valence-corrected chi connectivity index (χ1v) is 11.0. The second-order valence-electron chi connectivity index (χ2n) is 7.09. The Hall–Kier alpha value is -2.23. The highest BCUT2D eigenvalue weighted by atomic mass is 32.2. The lowest BCUT2D eigenvalue weighted by atomic mass is 10.0. The number of hydrogen-bond donors (Lipinski definition) is 1. The fraction of sp³-hybridized carbons (Fsp3) is 0.474. The molecular weight excluding hydrogens is 378 g/mol. The lowest BCUT2D eigenvalue weighted by Gasteiger charge is -2.38. The van der Waals surface area contributed by atoms with Crippen molar-refractivity contribution in [2.75, 3.05) is 44.7 Å². The third-order valence-electron chi connectivity index (χ3n) is 5.54. The monoisotopic (exact) mass is 403 g/mol. The van der Waals surface area contributed by atoms with Crippen molar-refractivity contribution in [3.8, 4) is 5.75 Å². The number of piperazine rings is 1. The van der Waals surface area contributed by atoms with Crippen LogP contribution in [0.4, 0.5) is 5.95 Å². The van der Waals surface area contributed by atoms with Crippen LogP contribution in [0.15, 0.2) is 35.5 Å². The molecule has 2 aliphatic heterocycles. The van der Waals surface area contributed by atoms with Gasteiger partial charge in [-0.05, 0) is 31.2 Å². The van der Waals surface area contributed by atoms with E-state index in [-0.39, 0.29) is 4.90 Å². The Morgan fingerprint density at radius 3 is 2.54 bits per heavy atom. The van der Waals surface area contributed by atoms with Gasteiger partial charge in [0.1, 0.15) is 10.6 Å². The average Bonchev–Trinajstić information content (AvgIpc) is 3.21. The molecule has 1 saturated heterocycles. The summed E-state index contributed by atoms with van der Waals surface area (Å²) in [7, 11) is -2.14. The molecule has 0 amide bonds. The quantitative estimate of drug-likeness (QED) is 0.803. The number of aromatic nitrogens is 2. The molecule has 1 atom stereocenters. The Morgan fingerprint density at radius 2 is 1.86 bits per heavy atom. The normalized spacial score (nSPS) is 18.6. The molecule has 0 bridgehead atoms. The molecule has 150 valence electrons. The molecule has 0 radical (unpaired) electrons. The van der Waals surface area contributed by atoms with Crippen molar-refractivity contribution in [2.24, 2.45) is 0 Å². The van der Waals surface area contributed by atoms with Crippen molar-refractivity contribution < 1.29 is 13.2 Å². The van der Waals surface area contributed by atoms with E-state index in [1.807, 2.05) is 0 Å². The molecule has 0 spiro atoms.